The van der Waals surface area contributed by atoms with Gasteiger partial charge in [0.25, 0.3) is 0 Å². The lowest BCUT2D eigenvalue weighted by Crippen LogP contribution is -1.88. The number of allylic oxidation sites excluding steroid dienone is 1. The predicted molar refractivity (Wildman–Crippen MR) is 48.7 cm³/mol. The molecule has 64 valence electrons. The molecule has 3 heteroatoms. The van der Waals surface area contributed by atoms with E-state index in [1.165, 1.54) is 12.3 Å². The summed E-state index contributed by atoms with van der Waals surface area (Å²) < 4.78 is 12.6. The van der Waals surface area contributed by atoms with Gasteiger partial charge in [-0.15, -0.1) is 11.6 Å². The molecule has 0 radical (unpaired) electrons. The zero-order valence-corrected chi connectivity index (χ0v) is 7.48. The fourth-order valence-electron chi connectivity index (χ4n) is 0.882. The molecule has 1 nitrogen and oxygen atoms in total. The molecule has 0 N–H and O–H groups in total. The highest BCUT2D eigenvalue weighted by atomic mass is 35.5. The second-order valence-electron chi connectivity index (χ2n) is 2.41. The molecular weight excluding hydrogens is 177 g/mol. The molecule has 0 saturated carbocycles. The minimum Gasteiger partial charge on any atom is -0.254 e. The number of hydrogen-bond acceptors (Lipinski definition) is 1. The van der Waals surface area contributed by atoms with Crippen molar-refractivity contribution in [3.63, 3.8) is 0 Å². The van der Waals surface area contributed by atoms with Crippen LogP contribution < -0.4 is 0 Å². The summed E-state index contributed by atoms with van der Waals surface area (Å²) in [5.41, 5.74) is 1.58. The molecule has 0 unspecified atom stereocenters. The number of rotatable bonds is 2. The van der Waals surface area contributed by atoms with E-state index in [1.54, 1.807) is 12.2 Å². The van der Waals surface area contributed by atoms with Gasteiger partial charge < -0.3 is 0 Å². The van der Waals surface area contributed by atoms with Gasteiger partial charge in [0.15, 0.2) is 0 Å². The van der Waals surface area contributed by atoms with Crippen molar-refractivity contribution in [2.24, 2.45) is 0 Å². The number of pyridine rings is 1. The van der Waals surface area contributed by atoms with Crippen molar-refractivity contribution < 1.29 is 4.39 Å². The van der Waals surface area contributed by atoms with E-state index in [9.17, 15) is 4.39 Å². The molecule has 1 rings (SSSR count). The second kappa shape index (κ2) is 4.21. The average molecular weight is 186 g/mol. The summed E-state index contributed by atoms with van der Waals surface area (Å²) >= 11 is 5.45. The monoisotopic (exact) mass is 185 g/mol. The Hall–Kier alpha value is -0.890. The normalized spacial score (nSPS) is 10.9. The average Bonchev–Trinajstić information content (AvgIpc) is 2.03. The van der Waals surface area contributed by atoms with E-state index in [1.807, 2.05) is 6.92 Å². The van der Waals surface area contributed by atoms with E-state index in [0.717, 1.165) is 11.3 Å². The predicted octanol–water partition coefficient (Wildman–Crippen LogP) is 2.78. The molecule has 0 atom stereocenters. The highest BCUT2D eigenvalue weighted by Crippen LogP contribution is 2.07. The van der Waals surface area contributed by atoms with Gasteiger partial charge in [0, 0.05) is 5.88 Å². The van der Waals surface area contributed by atoms with Crippen molar-refractivity contribution in [2.45, 2.75) is 6.92 Å². The molecule has 0 saturated heterocycles. The second-order valence-corrected chi connectivity index (χ2v) is 2.72. The molecule has 0 aliphatic rings. The van der Waals surface area contributed by atoms with Gasteiger partial charge in [-0.3, -0.25) is 4.98 Å². The molecule has 0 bridgehead atoms. The van der Waals surface area contributed by atoms with E-state index >= 15 is 0 Å². The zero-order chi connectivity index (χ0) is 8.97. The minimum atomic E-state index is -0.310. The summed E-state index contributed by atoms with van der Waals surface area (Å²) in [4.78, 5) is 3.89. The Labute approximate surface area is 75.9 Å². The van der Waals surface area contributed by atoms with Crippen LogP contribution in [-0.2, 0) is 0 Å². The first-order chi connectivity index (χ1) is 5.74. The number of halogens is 2. The number of aromatic nitrogens is 1. The first kappa shape index (κ1) is 9.20. The molecule has 0 aliphatic heterocycles. The van der Waals surface area contributed by atoms with Crippen LogP contribution >= 0.6 is 11.6 Å². The highest BCUT2D eigenvalue weighted by molar-refractivity contribution is 6.19. The van der Waals surface area contributed by atoms with Gasteiger partial charge in [0.05, 0.1) is 11.9 Å². The number of alkyl halides is 1. The Morgan fingerprint density at radius 2 is 2.42 bits per heavy atom. The fourth-order valence-corrected chi connectivity index (χ4v) is 0.971. The Kier molecular flexibility index (Phi) is 3.23. The first-order valence-corrected chi connectivity index (χ1v) is 4.12. The molecule has 0 aromatic carbocycles. The van der Waals surface area contributed by atoms with Crippen molar-refractivity contribution in [2.75, 3.05) is 5.88 Å². The number of hydrogen-bond donors (Lipinski definition) is 0. The lowest BCUT2D eigenvalue weighted by atomic mass is 10.2. The minimum absolute atomic E-state index is 0.310. The van der Waals surface area contributed by atoms with Crippen LogP contribution in [0.15, 0.2) is 18.3 Å². The molecule has 0 aliphatic carbocycles. The topological polar surface area (TPSA) is 12.9 Å². The summed E-state index contributed by atoms with van der Waals surface area (Å²) in [5, 5.41) is 0. The molecule has 0 spiro atoms. The van der Waals surface area contributed by atoms with Crippen LogP contribution in [0.1, 0.15) is 11.3 Å². The molecule has 1 heterocycles. The maximum Gasteiger partial charge on any atom is 0.141 e. The van der Waals surface area contributed by atoms with Gasteiger partial charge in [-0.05, 0) is 24.6 Å². The van der Waals surface area contributed by atoms with Crippen LogP contribution in [-0.4, -0.2) is 10.9 Å². The zero-order valence-electron chi connectivity index (χ0n) is 6.72. The fraction of sp³-hybridized carbons (Fsp3) is 0.222. The maximum atomic E-state index is 12.6. The summed E-state index contributed by atoms with van der Waals surface area (Å²) in [5.74, 6) is 0.133. The Morgan fingerprint density at radius 1 is 1.67 bits per heavy atom. The van der Waals surface area contributed by atoms with E-state index in [-0.39, 0.29) is 5.82 Å². The molecule has 1 aromatic heterocycles. The Balaban J connectivity index is 2.94. The number of nitrogens with zero attached hydrogens (tertiary/aromatic N) is 1. The maximum absolute atomic E-state index is 12.6. The quantitative estimate of drug-likeness (QED) is 0.646. The van der Waals surface area contributed by atoms with Crippen LogP contribution in [0.2, 0.25) is 0 Å². The van der Waals surface area contributed by atoms with Gasteiger partial charge in [-0.2, -0.15) is 0 Å². The van der Waals surface area contributed by atoms with Gasteiger partial charge in [0.1, 0.15) is 5.82 Å². The SMILES string of the molecule is Cc1cc(F)cnc1C=CCCl. The van der Waals surface area contributed by atoms with Crippen molar-refractivity contribution in [3.05, 3.63) is 35.4 Å². The largest absolute Gasteiger partial charge is 0.254 e. The van der Waals surface area contributed by atoms with Crippen LogP contribution in [0.3, 0.4) is 0 Å². The first-order valence-electron chi connectivity index (χ1n) is 3.58. The molecule has 0 fully saturated rings. The van der Waals surface area contributed by atoms with Crippen LogP contribution in [0.5, 0.6) is 0 Å². The third kappa shape index (κ3) is 2.31. The summed E-state index contributed by atoms with van der Waals surface area (Å²) in [6.45, 7) is 1.81. The molecule has 1 aromatic rings. The summed E-state index contributed by atoms with van der Waals surface area (Å²) in [7, 11) is 0. The van der Waals surface area contributed by atoms with E-state index in [4.69, 9.17) is 11.6 Å². The third-order valence-corrected chi connectivity index (χ3v) is 1.63. The van der Waals surface area contributed by atoms with E-state index in [0.29, 0.717) is 5.88 Å². The van der Waals surface area contributed by atoms with Crippen molar-refractivity contribution in [3.8, 4) is 0 Å². The van der Waals surface area contributed by atoms with Crippen molar-refractivity contribution >= 4 is 17.7 Å². The van der Waals surface area contributed by atoms with Gasteiger partial charge in [-0.1, -0.05) is 6.08 Å². The Bertz CT molecular complexity index is 297. The summed E-state index contributed by atoms with van der Waals surface area (Å²) in [6, 6.07) is 1.45. The lowest BCUT2D eigenvalue weighted by molar-refractivity contribution is 0.619. The highest BCUT2D eigenvalue weighted by Gasteiger charge is 1.96. The Morgan fingerprint density at radius 3 is 3.00 bits per heavy atom. The van der Waals surface area contributed by atoms with E-state index < -0.39 is 0 Å². The van der Waals surface area contributed by atoms with E-state index in [2.05, 4.69) is 4.98 Å². The van der Waals surface area contributed by atoms with Gasteiger partial charge in [-0.25, -0.2) is 4.39 Å². The third-order valence-electron chi connectivity index (χ3n) is 1.45. The van der Waals surface area contributed by atoms with Gasteiger partial charge >= 0.3 is 0 Å². The molecule has 0 amide bonds. The van der Waals surface area contributed by atoms with Crippen molar-refractivity contribution in [1.29, 1.82) is 0 Å². The van der Waals surface area contributed by atoms with Crippen LogP contribution in [0.25, 0.3) is 6.08 Å². The van der Waals surface area contributed by atoms with Gasteiger partial charge in [0.2, 0.25) is 0 Å². The van der Waals surface area contributed by atoms with Crippen LogP contribution in [0.4, 0.5) is 4.39 Å². The van der Waals surface area contributed by atoms with Crippen LogP contribution in [0, 0.1) is 12.7 Å². The smallest absolute Gasteiger partial charge is 0.141 e. The standard InChI is InChI=1S/C9H9ClFN/c1-7-5-8(11)6-12-9(7)3-2-4-10/h2-3,5-6H,4H2,1H3. The van der Waals surface area contributed by atoms with Crippen molar-refractivity contribution in [1.82, 2.24) is 4.98 Å². The lowest BCUT2D eigenvalue weighted by Gasteiger charge is -1.97. The number of aryl methyl sites for hydroxylation is 1. The summed E-state index contributed by atoms with van der Waals surface area (Å²) in [6.07, 6.45) is 4.75. The molecule has 12 heavy (non-hydrogen) atoms. The molecular formula is C9H9ClFN.